The molecule has 346 valence electrons. The zero-order valence-electron chi connectivity index (χ0n) is 38.2. The van der Waals surface area contributed by atoms with Gasteiger partial charge in [0.25, 0.3) is 5.91 Å². The van der Waals surface area contributed by atoms with E-state index in [1.54, 1.807) is 53.0 Å². The van der Waals surface area contributed by atoms with Crippen LogP contribution in [-0.4, -0.2) is 101 Å². The van der Waals surface area contributed by atoms with E-state index in [1.165, 1.54) is 4.90 Å². The Morgan fingerprint density at radius 1 is 0.984 bits per heavy atom. The number of nitrogens with one attached hydrogen (secondary N) is 3. The van der Waals surface area contributed by atoms with Gasteiger partial charge in [-0.05, 0) is 128 Å². The molecule has 2 aliphatic carbocycles. The zero-order valence-corrected chi connectivity index (χ0v) is 39.0. The molecule has 3 aromatic rings. The number of alkyl carbamates (subject to hydrolysis) is 1. The van der Waals surface area contributed by atoms with Gasteiger partial charge in [-0.1, -0.05) is 26.0 Å². The third-order valence-corrected chi connectivity index (χ3v) is 14.7. The molecule has 16 nitrogen and oxygen atoms in total. The Morgan fingerprint density at radius 3 is 2.34 bits per heavy atom. The Kier molecular flexibility index (Phi) is 13.0. The molecule has 2 aromatic carbocycles. The van der Waals surface area contributed by atoms with Crippen molar-refractivity contribution in [2.75, 3.05) is 13.7 Å². The molecule has 4 aliphatic rings. The molecule has 1 aromatic heterocycles. The minimum atomic E-state index is -4.04. The first-order chi connectivity index (χ1) is 30.1. The number of aromatic nitrogens is 2. The van der Waals surface area contributed by atoms with Crippen molar-refractivity contribution >= 4 is 44.9 Å². The van der Waals surface area contributed by atoms with Crippen LogP contribution in [0.25, 0.3) is 22.3 Å². The maximum absolute atomic E-state index is 15.1. The van der Waals surface area contributed by atoms with Gasteiger partial charge in [-0.3, -0.25) is 19.1 Å². The fourth-order valence-electron chi connectivity index (χ4n) is 8.57. The van der Waals surface area contributed by atoms with E-state index in [2.05, 4.69) is 22.3 Å². The summed E-state index contributed by atoms with van der Waals surface area (Å²) in [6.45, 7) is 14.5. The number of rotatable bonds is 10. The summed E-state index contributed by atoms with van der Waals surface area (Å²) in [5.74, 6) is -1.35. The highest BCUT2D eigenvalue weighted by Crippen LogP contribution is 2.48. The van der Waals surface area contributed by atoms with Crippen molar-refractivity contribution in [3.05, 3.63) is 54.6 Å². The van der Waals surface area contributed by atoms with Gasteiger partial charge in [0.1, 0.15) is 46.5 Å². The van der Waals surface area contributed by atoms with Crippen LogP contribution < -0.4 is 29.6 Å². The number of nitrogens with zero attached hydrogens (tertiary/aromatic N) is 3. The van der Waals surface area contributed by atoms with Crippen LogP contribution in [0.4, 0.5) is 4.79 Å². The molecule has 0 spiro atoms. The van der Waals surface area contributed by atoms with Crippen molar-refractivity contribution in [3.63, 3.8) is 0 Å². The standard InChI is InChI=1S/C47H62N6O10S/c1-27(2)61-32-16-14-30(15-17-32)39-41(49-35-19-18-33(60-9)23-36(35)48-39)62-34-24-37-40(54)51-47(43(56)52-64(58,59)46(8)20-21-46)25-31(47)13-11-10-12-28(3)22-29(4)38(42(55)53(37)26-34)50-44(57)63-45(5,6)7/h11,13-19,23,27-29,31,34,37-38H,10,12,20-22,24-26H2,1-9H3,(H,50,57)(H,51,54)(H,52,56). The van der Waals surface area contributed by atoms with E-state index in [1.807, 2.05) is 57.2 Å². The van der Waals surface area contributed by atoms with E-state index in [-0.39, 0.29) is 43.2 Å². The molecule has 2 saturated carbocycles. The molecule has 64 heavy (non-hydrogen) atoms. The molecule has 3 N–H and O–H groups in total. The lowest BCUT2D eigenvalue weighted by molar-refractivity contribution is -0.142. The quantitative estimate of drug-likeness (QED) is 0.194. The summed E-state index contributed by atoms with van der Waals surface area (Å²) in [7, 11) is -2.47. The Balaban J connectivity index is 1.26. The van der Waals surface area contributed by atoms with Gasteiger partial charge in [-0.25, -0.2) is 23.2 Å². The van der Waals surface area contributed by atoms with Gasteiger partial charge in [0.2, 0.25) is 27.7 Å². The highest BCUT2D eigenvalue weighted by molar-refractivity contribution is 7.91. The van der Waals surface area contributed by atoms with Crippen LogP contribution >= 0.6 is 0 Å². The lowest BCUT2D eigenvalue weighted by Gasteiger charge is -2.33. The summed E-state index contributed by atoms with van der Waals surface area (Å²) < 4.78 is 51.6. The predicted molar refractivity (Wildman–Crippen MR) is 240 cm³/mol. The van der Waals surface area contributed by atoms with Crippen molar-refractivity contribution in [1.82, 2.24) is 30.2 Å². The summed E-state index contributed by atoms with van der Waals surface area (Å²) in [6.07, 6.45) is 5.14. The van der Waals surface area contributed by atoms with E-state index >= 15 is 4.79 Å². The van der Waals surface area contributed by atoms with E-state index in [4.69, 9.17) is 28.9 Å². The summed E-state index contributed by atoms with van der Waals surface area (Å²) in [4.78, 5) is 68.6. The highest BCUT2D eigenvalue weighted by Gasteiger charge is 2.63. The molecule has 17 heteroatoms. The molecule has 1 saturated heterocycles. The number of benzene rings is 2. The predicted octanol–water partition coefficient (Wildman–Crippen LogP) is 6.22. The molecular formula is C47H62N6O10S. The van der Waals surface area contributed by atoms with Crippen LogP contribution in [0.5, 0.6) is 17.4 Å². The van der Waals surface area contributed by atoms with Crippen LogP contribution in [0, 0.1) is 17.8 Å². The Morgan fingerprint density at radius 2 is 1.69 bits per heavy atom. The molecule has 4 amide bonds. The van der Waals surface area contributed by atoms with Gasteiger partial charge in [0.15, 0.2) is 0 Å². The fraction of sp³-hybridized carbons (Fsp3) is 0.574. The molecule has 3 heterocycles. The largest absolute Gasteiger partial charge is 0.497 e. The van der Waals surface area contributed by atoms with E-state index in [9.17, 15) is 22.8 Å². The van der Waals surface area contributed by atoms with Gasteiger partial charge >= 0.3 is 6.09 Å². The number of methoxy groups -OCH3 is 1. The van der Waals surface area contributed by atoms with Crippen LogP contribution in [-0.2, 0) is 29.1 Å². The van der Waals surface area contributed by atoms with Crippen molar-refractivity contribution in [2.24, 2.45) is 17.8 Å². The van der Waals surface area contributed by atoms with Crippen LogP contribution in [0.3, 0.4) is 0 Å². The molecule has 7 atom stereocenters. The average molecular weight is 903 g/mol. The maximum Gasteiger partial charge on any atom is 0.408 e. The van der Waals surface area contributed by atoms with Crippen LogP contribution in [0.1, 0.15) is 100 Å². The van der Waals surface area contributed by atoms with E-state index < -0.39 is 73.8 Å². The number of sulfonamides is 1. The van der Waals surface area contributed by atoms with Gasteiger partial charge in [-0.15, -0.1) is 0 Å². The Hall–Kier alpha value is -5.45. The number of fused-ring (bicyclic) bond motifs is 3. The van der Waals surface area contributed by atoms with Crippen molar-refractivity contribution in [1.29, 1.82) is 0 Å². The lowest BCUT2D eigenvalue weighted by atomic mass is 9.88. The van der Waals surface area contributed by atoms with Gasteiger partial charge < -0.3 is 34.5 Å². The molecule has 0 radical (unpaired) electrons. The maximum atomic E-state index is 15.1. The number of carbonyl (C=O) groups excluding carboxylic acids is 4. The summed E-state index contributed by atoms with van der Waals surface area (Å²) in [5, 5.41) is 5.76. The second-order valence-corrected chi connectivity index (χ2v) is 21.7. The van der Waals surface area contributed by atoms with Crippen LogP contribution in [0.15, 0.2) is 54.6 Å². The minimum absolute atomic E-state index is 0.0287. The Labute approximate surface area is 375 Å². The monoisotopic (exact) mass is 902 g/mol. The number of amides is 4. The summed E-state index contributed by atoms with van der Waals surface area (Å²) in [6, 6.07) is 10.3. The number of carbonyl (C=O) groups is 4. The SMILES string of the molecule is COc1ccc2nc(OC3CC4C(=O)NC5(C(=O)NS(=O)(=O)C6(C)CC6)CC5C=CCCC(C)CC(C)C(NC(=O)OC(C)(C)C)C(=O)N4C3)c(-c3ccc(OC(C)C)cc3)nc2c1. The first kappa shape index (κ1) is 46.5. The van der Waals surface area contributed by atoms with Crippen molar-refractivity contribution < 1.29 is 46.5 Å². The summed E-state index contributed by atoms with van der Waals surface area (Å²) >= 11 is 0. The third-order valence-electron chi connectivity index (χ3n) is 12.5. The van der Waals surface area contributed by atoms with Crippen molar-refractivity contribution in [3.8, 4) is 28.6 Å². The van der Waals surface area contributed by atoms with E-state index in [0.717, 1.165) is 6.42 Å². The average Bonchev–Trinajstić information content (AvgIpc) is 4.10. The third kappa shape index (κ3) is 10.2. The molecule has 7 unspecified atom stereocenters. The first-order valence-corrected chi connectivity index (χ1v) is 23.7. The lowest BCUT2D eigenvalue weighted by Crippen LogP contribution is -2.59. The molecule has 2 aliphatic heterocycles. The zero-order chi connectivity index (χ0) is 46.4. The van der Waals surface area contributed by atoms with Gasteiger partial charge in [-0.2, -0.15) is 0 Å². The number of hydrogen-bond donors (Lipinski definition) is 3. The summed E-state index contributed by atoms with van der Waals surface area (Å²) in [5.41, 5.74) is -0.289. The number of allylic oxidation sites excluding steroid dienone is 1. The molecule has 0 bridgehead atoms. The number of ether oxygens (including phenoxy) is 4. The molecule has 3 fully saturated rings. The second-order valence-electron chi connectivity index (χ2n) is 19.5. The van der Waals surface area contributed by atoms with Crippen molar-refractivity contribution in [2.45, 2.75) is 141 Å². The number of hydrogen-bond acceptors (Lipinski definition) is 12. The topological polar surface area (TPSA) is 204 Å². The second kappa shape index (κ2) is 17.8. The smallest absolute Gasteiger partial charge is 0.408 e. The normalized spacial score (nSPS) is 27.0. The Bertz CT molecular complexity index is 2410. The van der Waals surface area contributed by atoms with Gasteiger partial charge in [0.05, 0.1) is 35.5 Å². The molecule has 7 rings (SSSR count). The minimum Gasteiger partial charge on any atom is -0.497 e. The van der Waals surface area contributed by atoms with Gasteiger partial charge in [0, 0.05) is 24.0 Å². The molecular weight excluding hydrogens is 841 g/mol. The highest BCUT2D eigenvalue weighted by atomic mass is 32.2. The fourth-order valence-corrected chi connectivity index (χ4v) is 9.88. The van der Waals surface area contributed by atoms with Crippen LogP contribution in [0.2, 0.25) is 0 Å². The van der Waals surface area contributed by atoms with E-state index in [0.29, 0.717) is 59.5 Å². The first-order valence-electron chi connectivity index (χ1n) is 22.3.